The molecule has 7 rings (SSSR count). The molecule has 0 N–H and O–H groups in total. The highest BCUT2D eigenvalue weighted by Crippen LogP contribution is 2.39. The van der Waals surface area contributed by atoms with Gasteiger partial charge in [-0.3, -0.25) is 0 Å². The summed E-state index contributed by atoms with van der Waals surface area (Å²) in [5.74, 6) is 0.475. The van der Waals surface area contributed by atoms with Gasteiger partial charge in [0.2, 0.25) is 0 Å². The summed E-state index contributed by atoms with van der Waals surface area (Å²) in [6.45, 7) is 8.81. The van der Waals surface area contributed by atoms with Crippen LogP contribution in [0.3, 0.4) is 0 Å². The van der Waals surface area contributed by atoms with Gasteiger partial charge in [0, 0.05) is 34.1 Å². The summed E-state index contributed by atoms with van der Waals surface area (Å²) in [5, 5.41) is 0. The molecule has 0 aliphatic heterocycles. The second-order valence-corrected chi connectivity index (χ2v) is 13.8. The van der Waals surface area contributed by atoms with Gasteiger partial charge in [0.05, 0.1) is 0 Å². The van der Waals surface area contributed by atoms with Gasteiger partial charge in [-0.1, -0.05) is 135 Å². The third-order valence-electron chi connectivity index (χ3n) is 10.0. The van der Waals surface area contributed by atoms with Crippen LogP contribution in [-0.4, -0.2) is 0 Å². The fraction of sp³-hybridized carbons (Fsp3) is 0.115. The highest BCUT2D eigenvalue weighted by Gasteiger charge is 2.17. The van der Waals surface area contributed by atoms with Crippen molar-refractivity contribution in [2.75, 3.05) is 9.80 Å². The van der Waals surface area contributed by atoms with Crippen molar-refractivity contribution in [1.82, 2.24) is 0 Å². The fourth-order valence-corrected chi connectivity index (χ4v) is 7.35. The third-order valence-corrected chi connectivity index (χ3v) is 10.0. The van der Waals surface area contributed by atoms with Crippen LogP contribution in [0.2, 0.25) is 0 Å². The Balaban J connectivity index is 1.25. The lowest BCUT2D eigenvalue weighted by Crippen LogP contribution is -2.10. The molecule has 2 heteroatoms. The number of nitrogens with zero attached hydrogens (tertiary/aromatic N) is 2. The van der Waals surface area contributed by atoms with Crippen molar-refractivity contribution >= 4 is 45.3 Å². The Morgan fingerprint density at radius 2 is 1.06 bits per heavy atom. The van der Waals surface area contributed by atoms with E-state index < -0.39 is 0 Å². The first-order valence-corrected chi connectivity index (χ1v) is 19.1. The molecule has 2 nitrogen and oxygen atoms in total. The minimum absolute atomic E-state index is 0.475. The Morgan fingerprint density at radius 3 is 1.56 bits per heavy atom. The van der Waals surface area contributed by atoms with Crippen LogP contribution in [0.1, 0.15) is 44.2 Å². The minimum atomic E-state index is 0.475. The van der Waals surface area contributed by atoms with E-state index in [0.29, 0.717) is 5.92 Å². The number of allylic oxidation sites excluding steroid dienone is 9. The lowest BCUT2D eigenvalue weighted by atomic mass is 9.87. The van der Waals surface area contributed by atoms with Gasteiger partial charge in [0.1, 0.15) is 0 Å². The van der Waals surface area contributed by atoms with Crippen LogP contribution < -0.4 is 9.80 Å². The lowest BCUT2D eigenvalue weighted by Gasteiger charge is -2.26. The molecule has 266 valence electrons. The van der Waals surface area contributed by atoms with Crippen molar-refractivity contribution in [3.8, 4) is 0 Å². The molecule has 0 fully saturated rings. The lowest BCUT2D eigenvalue weighted by molar-refractivity contribution is 0.604. The second kappa shape index (κ2) is 17.4. The molecule has 0 saturated carbocycles. The molecule has 0 bridgehead atoms. The molecule has 6 aromatic carbocycles. The molecule has 0 radical (unpaired) electrons. The van der Waals surface area contributed by atoms with Gasteiger partial charge in [-0.2, -0.15) is 0 Å². The number of hydrogen-bond acceptors (Lipinski definition) is 2. The van der Waals surface area contributed by atoms with Crippen LogP contribution in [0.15, 0.2) is 218 Å². The Kier molecular flexibility index (Phi) is 11.6. The van der Waals surface area contributed by atoms with Crippen molar-refractivity contribution < 1.29 is 0 Å². The predicted molar refractivity (Wildman–Crippen MR) is 233 cm³/mol. The average Bonchev–Trinajstić information content (AvgIpc) is 3.22. The highest BCUT2D eigenvalue weighted by atomic mass is 15.1. The van der Waals surface area contributed by atoms with E-state index in [4.69, 9.17) is 0 Å². The van der Waals surface area contributed by atoms with Crippen molar-refractivity contribution in [1.29, 1.82) is 0 Å². The molecular weight excluding hydrogens is 653 g/mol. The van der Waals surface area contributed by atoms with E-state index in [1.165, 1.54) is 16.7 Å². The van der Waals surface area contributed by atoms with E-state index in [9.17, 15) is 0 Å². The Bertz CT molecular complexity index is 2200. The third kappa shape index (κ3) is 8.46. The first-order chi connectivity index (χ1) is 26.6. The normalized spacial score (nSPS) is 16.9. The number of hydrogen-bond donors (Lipinski definition) is 0. The van der Waals surface area contributed by atoms with E-state index in [1.807, 2.05) is 6.08 Å². The van der Waals surface area contributed by atoms with Crippen molar-refractivity contribution in [2.45, 2.75) is 33.1 Å². The minimum Gasteiger partial charge on any atom is -0.310 e. The van der Waals surface area contributed by atoms with Gasteiger partial charge < -0.3 is 9.80 Å². The Morgan fingerprint density at radius 1 is 0.574 bits per heavy atom. The maximum atomic E-state index is 4.34. The van der Waals surface area contributed by atoms with Gasteiger partial charge in [-0.25, -0.2) is 0 Å². The molecule has 1 aliphatic carbocycles. The summed E-state index contributed by atoms with van der Waals surface area (Å²) >= 11 is 0. The van der Waals surface area contributed by atoms with Crippen LogP contribution in [0, 0.1) is 5.92 Å². The van der Waals surface area contributed by atoms with Crippen LogP contribution in [-0.2, 0) is 0 Å². The van der Waals surface area contributed by atoms with Gasteiger partial charge in [-0.05, 0) is 144 Å². The Labute approximate surface area is 322 Å². The molecule has 0 aromatic heterocycles. The fourth-order valence-electron chi connectivity index (χ4n) is 7.35. The number of anilines is 6. The molecule has 0 heterocycles. The van der Waals surface area contributed by atoms with Gasteiger partial charge >= 0.3 is 0 Å². The number of para-hydroxylation sites is 4. The highest BCUT2D eigenvalue weighted by molar-refractivity contribution is 5.85. The van der Waals surface area contributed by atoms with Crippen LogP contribution in [0.4, 0.5) is 34.1 Å². The number of benzene rings is 6. The average molecular weight is 701 g/mol. The first-order valence-electron chi connectivity index (χ1n) is 19.1. The predicted octanol–water partition coefficient (Wildman–Crippen LogP) is 15.0. The quantitative estimate of drug-likeness (QED) is 0.124. The van der Waals surface area contributed by atoms with E-state index in [-0.39, 0.29) is 0 Å². The summed E-state index contributed by atoms with van der Waals surface area (Å²) in [6, 6.07) is 60.2. The molecular formula is C52H48N2. The molecule has 0 saturated heterocycles. The van der Waals surface area contributed by atoms with Gasteiger partial charge in [-0.15, -0.1) is 0 Å². The second-order valence-electron chi connectivity index (χ2n) is 13.8. The van der Waals surface area contributed by atoms with Crippen molar-refractivity contribution in [3.63, 3.8) is 0 Å². The summed E-state index contributed by atoms with van der Waals surface area (Å²) in [4.78, 5) is 4.65. The monoisotopic (exact) mass is 700 g/mol. The SMILES string of the molecule is C=CC(=C\C(=C/C)c1cccc(N(c2ccccc2)c2ccccc2)c1)/C1=C/C(c2cccc(N(c3ccccc3)c3ccccc3)c2)=C\C(C)CCC1. The topological polar surface area (TPSA) is 6.48 Å². The molecule has 1 atom stereocenters. The summed E-state index contributed by atoms with van der Waals surface area (Å²) in [5.41, 5.74) is 14.0. The van der Waals surface area contributed by atoms with E-state index in [1.54, 1.807) is 0 Å². The van der Waals surface area contributed by atoms with Crippen LogP contribution >= 0.6 is 0 Å². The van der Waals surface area contributed by atoms with E-state index >= 15 is 0 Å². The molecule has 6 aromatic rings. The first kappa shape index (κ1) is 36.0. The summed E-state index contributed by atoms with van der Waals surface area (Å²) < 4.78 is 0. The Hall–Kier alpha value is -6.38. The van der Waals surface area contributed by atoms with Crippen LogP contribution in [0.5, 0.6) is 0 Å². The zero-order chi connectivity index (χ0) is 37.1. The molecule has 1 aliphatic rings. The molecule has 0 amide bonds. The molecule has 0 spiro atoms. The smallest absolute Gasteiger partial charge is 0.0467 e. The van der Waals surface area contributed by atoms with Crippen LogP contribution in [0.25, 0.3) is 11.1 Å². The van der Waals surface area contributed by atoms with Crippen molar-refractivity contribution in [3.05, 3.63) is 229 Å². The molecule has 1 unspecified atom stereocenters. The summed E-state index contributed by atoms with van der Waals surface area (Å²) in [6.07, 6.45) is 14.7. The van der Waals surface area contributed by atoms with E-state index in [2.05, 4.69) is 224 Å². The van der Waals surface area contributed by atoms with E-state index in [0.717, 1.165) is 70.1 Å². The largest absolute Gasteiger partial charge is 0.310 e. The maximum absolute atomic E-state index is 4.34. The zero-order valence-corrected chi connectivity index (χ0v) is 31.4. The maximum Gasteiger partial charge on any atom is 0.0467 e. The van der Waals surface area contributed by atoms with Gasteiger partial charge in [0.25, 0.3) is 0 Å². The number of rotatable bonds is 11. The zero-order valence-electron chi connectivity index (χ0n) is 31.4. The standard InChI is InChI=1S/C52H48N2/c1-4-41(36-42(5-2)44-23-19-33-51(38-44)53(47-25-10-6-11-26-47)48-27-12-7-13-28-48)43-22-18-21-40(3)35-46(37-43)45-24-20-34-52(39-45)54(49-29-14-8-15-30-49)50-31-16-9-17-32-50/h4-17,19-20,23-40H,1,18,21-22H2,2-3H3/b41-36+,42-5+,43-37+,46-35+. The van der Waals surface area contributed by atoms with Crippen molar-refractivity contribution in [2.24, 2.45) is 5.92 Å². The van der Waals surface area contributed by atoms with Gasteiger partial charge in [0.15, 0.2) is 0 Å². The molecule has 54 heavy (non-hydrogen) atoms. The summed E-state index contributed by atoms with van der Waals surface area (Å²) in [7, 11) is 0.